The number of piperazine rings is 1. The molecular weight excluding hydrogens is 412 g/mol. The van der Waals surface area contributed by atoms with Crippen LogP contribution in [0.1, 0.15) is 44.2 Å². The van der Waals surface area contributed by atoms with Gasteiger partial charge in [0.1, 0.15) is 23.5 Å². The van der Waals surface area contributed by atoms with Crippen LogP contribution in [0.5, 0.6) is 0 Å². The van der Waals surface area contributed by atoms with Crippen LogP contribution in [-0.4, -0.2) is 47.5 Å². The van der Waals surface area contributed by atoms with E-state index in [4.69, 9.17) is 5.26 Å². The first-order chi connectivity index (χ1) is 15.3. The van der Waals surface area contributed by atoms with Gasteiger partial charge in [-0.05, 0) is 44.9 Å². The first kappa shape index (κ1) is 22.2. The molecule has 1 N–H and O–H groups in total. The van der Waals surface area contributed by atoms with E-state index in [1.807, 2.05) is 11.0 Å². The summed E-state index contributed by atoms with van der Waals surface area (Å²) in [5.41, 5.74) is 0.500. The molecule has 1 aliphatic carbocycles. The van der Waals surface area contributed by atoms with E-state index in [1.54, 1.807) is 12.3 Å². The highest BCUT2D eigenvalue weighted by Crippen LogP contribution is 2.46. The van der Waals surface area contributed by atoms with E-state index in [-0.39, 0.29) is 18.0 Å². The summed E-state index contributed by atoms with van der Waals surface area (Å²) < 4.78 is 27.4. The molecule has 1 amide bonds. The number of nitrogens with one attached hydrogen (secondary N) is 1. The summed E-state index contributed by atoms with van der Waals surface area (Å²) in [5.74, 6) is -0.277. The van der Waals surface area contributed by atoms with Crippen LogP contribution in [0.4, 0.5) is 14.6 Å². The van der Waals surface area contributed by atoms with Gasteiger partial charge in [0, 0.05) is 61.5 Å². The first-order valence-electron chi connectivity index (χ1n) is 11.0. The van der Waals surface area contributed by atoms with E-state index in [2.05, 4.69) is 35.1 Å². The van der Waals surface area contributed by atoms with Gasteiger partial charge in [0.2, 0.25) is 5.91 Å². The molecule has 0 spiro atoms. The minimum Gasteiger partial charge on any atom is -0.348 e. The van der Waals surface area contributed by atoms with Crippen LogP contribution in [0.3, 0.4) is 0 Å². The third kappa shape index (κ3) is 4.44. The minimum atomic E-state index is -0.587. The third-order valence-electron chi connectivity index (χ3n) is 6.41. The Morgan fingerprint density at radius 1 is 1.22 bits per heavy atom. The fraction of sp³-hybridized carbons (Fsp3) is 0.458. The quantitative estimate of drug-likeness (QED) is 0.748. The van der Waals surface area contributed by atoms with Gasteiger partial charge in [-0.25, -0.2) is 13.8 Å². The number of benzene rings is 1. The van der Waals surface area contributed by atoms with Gasteiger partial charge in [-0.2, -0.15) is 5.26 Å². The van der Waals surface area contributed by atoms with Crippen LogP contribution < -0.4 is 10.2 Å². The van der Waals surface area contributed by atoms with Crippen molar-refractivity contribution in [1.29, 1.82) is 5.26 Å². The molecule has 4 rings (SSSR count). The lowest BCUT2D eigenvalue weighted by Crippen LogP contribution is -2.58. The summed E-state index contributed by atoms with van der Waals surface area (Å²) in [4.78, 5) is 21.3. The Kier molecular flexibility index (Phi) is 6.11. The smallest absolute Gasteiger partial charge is 0.223 e. The average molecular weight is 440 g/mol. The lowest BCUT2D eigenvalue weighted by molar-refractivity contribution is -0.132. The highest BCUT2D eigenvalue weighted by molar-refractivity contribution is 5.77. The molecule has 1 saturated heterocycles. The highest BCUT2D eigenvalue weighted by Gasteiger charge is 2.45. The van der Waals surface area contributed by atoms with E-state index in [0.717, 1.165) is 24.7 Å². The molecule has 6 nitrogen and oxygen atoms in total. The molecule has 8 heteroatoms. The second-order valence-corrected chi connectivity index (χ2v) is 8.80. The number of hydrogen-bond acceptors (Lipinski definition) is 5. The second-order valence-electron chi connectivity index (χ2n) is 8.80. The maximum absolute atomic E-state index is 14.2. The predicted molar refractivity (Wildman–Crippen MR) is 117 cm³/mol. The molecule has 0 radical (unpaired) electrons. The van der Waals surface area contributed by atoms with Crippen LogP contribution in [0, 0.1) is 23.0 Å². The van der Waals surface area contributed by atoms with Gasteiger partial charge in [0.05, 0.1) is 5.56 Å². The number of rotatable bonds is 6. The van der Waals surface area contributed by atoms with Crippen molar-refractivity contribution < 1.29 is 13.6 Å². The Morgan fingerprint density at radius 3 is 2.50 bits per heavy atom. The molecule has 2 aliphatic rings. The van der Waals surface area contributed by atoms with Gasteiger partial charge in [-0.3, -0.25) is 4.79 Å². The number of carbonyl (C=O) groups excluding carboxylic acids is 1. The van der Waals surface area contributed by atoms with E-state index in [1.165, 1.54) is 12.1 Å². The molecule has 2 fully saturated rings. The highest BCUT2D eigenvalue weighted by atomic mass is 19.1. The van der Waals surface area contributed by atoms with Crippen LogP contribution in [0.15, 0.2) is 36.5 Å². The molecule has 1 saturated carbocycles. The molecule has 2 heterocycles. The lowest BCUT2D eigenvalue weighted by Gasteiger charge is -2.45. The molecule has 1 aromatic heterocycles. The molecule has 168 valence electrons. The number of aromatic nitrogens is 1. The van der Waals surface area contributed by atoms with Gasteiger partial charge >= 0.3 is 0 Å². The summed E-state index contributed by atoms with van der Waals surface area (Å²) >= 11 is 0. The Labute approximate surface area is 186 Å². The molecule has 2 atom stereocenters. The number of carbonyl (C=O) groups is 1. The Hall–Kier alpha value is -3.05. The van der Waals surface area contributed by atoms with Gasteiger partial charge < -0.3 is 15.1 Å². The molecule has 1 aliphatic heterocycles. The van der Waals surface area contributed by atoms with E-state index in [0.29, 0.717) is 37.2 Å². The molecule has 1 aromatic carbocycles. The summed E-state index contributed by atoms with van der Waals surface area (Å²) in [7, 11) is 0. The minimum absolute atomic E-state index is 0.0546. The van der Waals surface area contributed by atoms with Crippen molar-refractivity contribution in [3.8, 4) is 6.07 Å². The van der Waals surface area contributed by atoms with Gasteiger partial charge in [-0.1, -0.05) is 6.07 Å². The lowest BCUT2D eigenvalue weighted by atomic mass is 10.0. The van der Waals surface area contributed by atoms with Crippen LogP contribution in [-0.2, 0) is 10.3 Å². The molecule has 32 heavy (non-hydrogen) atoms. The fourth-order valence-corrected chi connectivity index (χ4v) is 4.69. The third-order valence-corrected chi connectivity index (χ3v) is 6.41. The van der Waals surface area contributed by atoms with Crippen LogP contribution >= 0.6 is 0 Å². The van der Waals surface area contributed by atoms with Crippen LogP contribution in [0.25, 0.3) is 0 Å². The SMILES string of the molecule is CC1CN(C(=O)CCNC2(c3ccc(F)cc3F)CC2)CC(C)N1c1ccc(C#N)cn1. The number of amides is 1. The van der Waals surface area contributed by atoms with E-state index in [9.17, 15) is 13.6 Å². The van der Waals surface area contributed by atoms with Gasteiger partial charge in [0.25, 0.3) is 0 Å². The van der Waals surface area contributed by atoms with Crippen molar-refractivity contribution in [2.24, 2.45) is 0 Å². The van der Waals surface area contributed by atoms with Crippen molar-refractivity contribution >= 4 is 11.7 Å². The summed E-state index contributed by atoms with van der Waals surface area (Å²) in [6.45, 7) is 5.73. The molecule has 0 bridgehead atoms. The molecule has 2 unspecified atom stereocenters. The average Bonchev–Trinajstić information content (AvgIpc) is 3.54. The molecular formula is C24H27F2N5O. The zero-order chi connectivity index (χ0) is 22.9. The van der Waals surface area contributed by atoms with Crippen molar-refractivity contribution in [3.63, 3.8) is 0 Å². The fourth-order valence-electron chi connectivity index (χ4n) is 4.69. The van der Waals surface area contributed by atoms with Gasteiger partial charge in [-0.15, -0.1) is 0 Å². The summed E-state index contributed by atoms with van der Waals surface area (Å²) in [6, 6.07) is 9.51. The number of hydrogen-bond donors (Lipinski definition) is 1. The predicted octanol–water partition coefficient (Wildman–Crippen LogP) is 3.33. The second kappa shape index (κ2) is 8.83. The van der Waals surface area contributed by atoms with Crippen LogP contribution in [0.2, 0.25) is 0 Å². The van der Waals surface area contributed by atoms with E-state index >= 15 is 0 Å². The maximum Gasteiger partial charge on any atom is 0.223 e. The number of halogens is 2. The largest absolute Gasteiger partial charge is 0.348 e. The number of anilines is 1. The van der Waals surface area contributed by atoms with Crippen molar-refractivity contribution in [1.82, 2.24) is 15.2 Å². The van der Waals surface area contributed by atoms with Crippen molar-refractivity contribution in [2.75, 3.05) is 24.5 Å². The van der Waals surface area contributed by atoms with Gasteiger partial charge in [0.15, 0.2) is 0 Å². The Bertz CT molecular complexity index is 1020. The normalized spacial score (nSPS) is 21.8. The number of pyridine rings is 1. The Balaban J connectivity index is 1.32. The summed E-state index contributed by atoms with van der Waals surface area (Å²) in [6.07, 6.45) is 3.43. The van der Waals surface area contributed by atoms with Crippen molar-refractivity contribution in [2.45, 2.75) is 50.7 Å². The van der Waals surface area contributed by atoms with Crippen molar-refractivity contribution in [3.05, 3.63) is 59.3 Å². The zero-order valence-electron chi connectivity index (χ0n) is 18.3. The van der Waals surface area contributed by atoms with E-state index < -0.39 is 17.2 Å². The maximum atomic E-state index is 14.2. The summed E-state index contributed by atoms with van der Waals surface area (Å²) in [5, 5.41) is 12.3. The topological polar surface area (TPSA) is 72.3 Å². The number of nitriles is 1. The standard InChI is InChI=1S/C24H27F2N5O/c1-16-14-30(15-17(2)31(16)22-6-3-18(12-27)13-28-22)23(32)7-10-29-24(8-9-24)20-5-4-19(25)11-21(20)26/h3-6,11,13,16-17,29H,7-10,14-15H2,1-2H3. The molecule has 2 aromatic rings. The number of nitrogens with zero attached hydrogens (tertiary/aromatic N) is 4. The zero-order valence-corrected chi connectivity index (χ0v) is 18.3. The monoisotopic (exact) mass is 439 g/mol. The Morgan fingerprint density at radius 2 is 1.94 bits per heavy atom. The first-order valence-corrected chi connectivity index (χ1v) is 11.0.